The first-order valence-electron chi connectivity index (χ1n) is 6.82. The van der Waals surface area contributed by atoms with E-state index < -0.39 is 0 Å². The van der Waals surface area contributed by atoms with Crippen LogP contribution in [0.5, 0.6) is 11.5 Å². The lowest BCUT2D eigenvalue weighted by molar-refractivity contribution is 0.246. The van der Waals surface area contributed by atoms with Gasteiger partial charge in [-0.25, -0.2) is 4.39 Å². The van der Waals surface area contributed by atoms with Gasteiger partial charge in [-0.3, -0.25) is 0 Å². The lowest BCUT2D eigenvalue weighted by atomic mass is 10.1. The maximum atomic E-state index is 14.0. The Bertz CT molecular complexity index is 564. The van der Waals surface area contributed by atoms with E-state index >= 15 is 0 Å². The van der Waals surface area contributed by atoms with Crippen molar-refractivity contribution in [3.8, 4) is 22.6 Å². The third-order valence-electron chi connectivity index (χ3n) is 3.35. The van der Waals surface area contributed by atoms with Gasteiger partial charge in [-0.2, -0.15) is 0 Å². The summed E-state index contributed by atoms with van der Waals surface area (Å²) in [4.78, 5) is 0. The molecule has 0 aromatic heterocycles. The maximum Gasteiger partial charge on any atom is 0.165 e. The first-order valence-corrected chi connectivity index (χ1v) is 6.82. The van der Waals surface area contributed by atoms with E-state index in [2.05, 4.69) is 13.8 Å². The van der Waals surface area contributed by atoms with Gasteiger partial charge < -0.3 is 9.84 Å². The SMILES string of the molecule is CC[C@H](C)COc1ccc(-c2ccc(O)cc2)cc1F. The highest BCUT2D eigenvalue weighted by Gasteiger charge is 2.08. The molecule has 0 radical (unpaired) electrons. The molecule has 0 bridgehead atoms. The molecule has 0 spiro atoms. The summed E-state index contributed by atoms with van der Waals surface area (Å²) in [5.41, 5.74) is 1.62. The van der Waals surface area contributed by atoms with Gasteiger partial charge in [-0.1, -0.05) is 38.5 Å². The molecule has 2 aromatic rings. The molecule has 0 unspecified atom stereocenters. The number of benzene rings is 2. The van der Waals surface area contributed by atoms with Crippen LogP contribution in [0.3, 0.4) is 0 Å². The van der Waals surface area contributed by atoms with Crippen molar-refractivity contribution < 1.29 is 14.2 Å². The zero-order chi connectivity index (χ0) is 14.5. The minimum atomic E-state index is -0.362. The second-order valence-electron chi connectivity index (χ2n) is 5.02. The smallest absolute Gasteiger partial charge is 0.165 e. The van der Waals surface area contributed by atoms with Crippen molar-refractivity contribution >= 4 is 0 Å². The molecule has 1 N–H and O–H groups in total. The molecule has 0 aliphatic heterocycles. The van der Waals surface area contributed by atoms with E-state index in [1.807, 2.05) is 6.07 Å². The Kier molecular flexibility index (Phi) is 4.61. The van der Waals surface area contributed by atoms with Crippen LogP contribution in [0.2, 0.25) is 0 Å². The normalized spacial score (nSPS) is 12.2. The van der Waals surface area contributed by atoms with Gasteiger partial charge in [0.2, 0.25) is 0 Å². The molecule has 20 heavy (non-hydrogen) atoms. The largest absolute Gasteiger partial charge is 0.508 e. The Labute approximate surface area is 118 Å². The van der Waals surface area contributed by atoms with E-state index in [1.54, 1.807) is 30.3 Å². The minimum absolute atomic E-state index is 0.197. The molecule has 0 heterocycles. The maximum absolute atomic E-state index is 14.0. The van der Waals surface area contributed by atoms with Crippen LogP contribution >= 0.6 is 0 Å². The van der Waals surface area contributed by atoms with Gasteiger partial charge in [0, 0.05) is 0 Å². The standard InChI is InChI=1S/C17H19FO2/c1-3-12(2)11-20-17-9-6-14(10-16(17)18)13-4-7-15(19)8-5-13/h4-10,12,19H,3,11H2,1-2H3/t12-/m0/s1. The molecule has 2 rings (SSSR count). The molecule has 0 amide bonds. The fraction of sp³-hybridized carbons (Fsp3) is 0.294. The molecule has 106 valence electrons. The van der Waals surface area contributed by atoms with Crippen molar-refractivity contribution in [3.05, 3.63) is 48.3 Å². The second-order valence-corrected chi connectivity index (χ2v) is 5.02. The number of phenols is 1. The highest BCUT2D eigenvalue weighted by Crippen LogP contribution is 2.27. The van der Waals surface area contributed by atoms with Crippen LogP contribution in [0.15, 0.2) is 42.5 Å². The first-order chi connectivity index (χ1) is 9.60. The molecule has 0 aliphatic rings. The molecule has 0 saturated heterocycles. The fourth-order valence-electron chi connectivity index (χ4n) is 1.80. The highest BCUT2D eigenvalue weighted by atomic mass is 19.1. The Morgan fingerprint density at radius 1 is 1.10 bits per heavy atom. The monoisotopic (exact) mass is 274 g/mol. The number of halogens is 1. The van der Waals surface area contributed by atoms with Crippen molar-refractivity contribution in [2.45, 2.75) is 20.3 Å². The van der Waals surface area contributed by atoms with Gasteiger partial charge in [-0.05, 0) is 41.3 Å². The average molecular weight is 274 g/mol. The van der Waals surface area contributed by atoms with Crippen LogP contribution in [-0.4, -0.2) is 11.7 Å². The van der Waals surface area contributed by atoms with E-state index in [-0.39, 0.29) is 17.3 Å². The average Bonchev–Trinajstić information content (AvgIpc) is 2.46. The lowest BCUT2D eigenvalue weighted by Gasteiger charge is -2.12. The summed E-state index contributed by atoms with van der Waals surface area (Å²) >= 11 is 0. The highest BCUT2D eigenvalue weighted by molar-refractivity contribution is 5.65. The predicted molar refractivity (Wildman–Crippen MR) is 78.5 cm³/mol. The summed E-state index contributed by atoms with van der Waals surface area (Å²) in [6.07, 6.45) is 1.01. The van der Waals surface area contributed by atoms with Gasteiger partial charge in [0.25, 0.3) is 0 Å². The van der Waals surface area contributed by atoms with E-state index in [0.29, 0.717) is 12.5 Å². The fourth-order valence-corrected chi connectivity index (χ4v) is 1.80. The molecule has 0 aliphatic carbocycles. The van der Waals surface area contributed by atoms with E-state index in [1.165, 1.54) is 6.07 Å². The van der Waals surface area contributed by atoms with Crippen LogP contribution in [-0.2, 0) is 0 Å². The van der Waals surface area contributed by atoms with E-state index in [4.69, 9.17) is 4.74 Å². The Balaban J connectivity index is 2.15. The summed E-state index contributed by atoms with van der Waals surface area (Å²) in [5, 5.41) is 9.25. The second kappa shape index (κ2) is 6.42. The van der Waals surface area contributed by atoms with Crippen LogP contribution in [0, 0.1) is 11.7 Å². The molecular weight excluding hydrogens is 255 g/mol. The molecule has 3 heteroatoms. The molecule has 0 saturated carbocycles. The minimum Gasteiger partial charge on any atom is -0.508 e. The summed E-state index contributed by atoms with van der Waals surface area (Å²) in [6, 6.07) is 11.6. The van der Waals surface area contributed by atoms with Gasteiger partial charge in [-0.15, -0.1) is 0 Å². The Hall–Kier alpha value is -2.03. The van der Waals surface area contributed by atoms with E-state index in [0.717, 1.165) is 17.5 Å². The third-order valence-corrected chi connectivity index (χ3v) is 3.35. The van der Waals surface area contributed by atoms with Crippen LogP contribution in [0.25, 0.3) is 11.1 Å². The first kappa shape index (κ1) is 14.4. The lowest BCUT2D eigenvalue weighted by Crippen LogP contribution is -2.08. The van der Waals surface area contributed by atoms with Crippen molar-refractivity contribution in [3.63, 3.8) is 0 Å². The summed E-state index contributed by atoms with van der Waals surface area (Å²) in [6.45, 7) is 4.67. The third kappa shape index (κ3) is 3.50. The van der Waals surface area contributed by atoms with Crippen molar-refractivity contribution in [1.82, 2.24) is 0 Å². The molecule has 2 nitrogen and oxygen atoms in total. The van der Waals surface area contributed by atoms with Crippen molar-refractivity contribution in [2.24, 2.45) is 5.92 Å². The van der Waals surface area contributed by atoms with E-state index in [9.17, 15) is 9.50 Å². The van der Waals surface area contributed by atoms with Gasteiger partial charge >= 0.3 is 0 Å². The van der Waals surface area contributed by atoms with Gasteiger partial charge in [0.1, 0.15) is 5.75 Å². The number of phenolic OH excluding ortho intramolecular Hbond substituents is 1. The number of ether oxygens (including phenoxy) is 1. The van der Waals surface area contributed by atoms with Crippen LogP contribution in [0.1, 0.15) is 20.3 Å². The molecule has 2 aromatic carbocycles. The summed E-state index contributed by atoms with van der Waals surface area (Å²) in [5.74, 6) is 0.528. The van der Waals surface area contributed by atoms with Crippen molar-refractivity contribution in [2.75, 3.05) is 6.61 Å². The zero-order valence-corrected chi connectivity index (χ0v) is 11.8. The number of hydrogen-bond donors (Lipinski definition) is 1. The van der Waals surface area contributed by atoms with Crippen LogP contribution < -0.4 is 4.74 Å². The van der Waals surface area contributed by atoms with Gasteiger partial charge in [0.05, 0.1) is 6.61 Å². The topological polar surface area (TPSA) is 29.5 Å². The number of rotatable bonds is 5. The zero-order valence-electron chi connectivity index (χ0n) is 11.8. The summed E-state index contributed by atoms with van der Waals surface area (Å²) < 4.78 is 19.5. The van der Waals surface area contributed by atoms with Crippen molar-refractivity contribution in [1.29, 1.82) is 0 Å². The number of hydrogen-bond acceptors (Lipinski definition) is 2. The summed E-state index contributed by atoms with van der Waals surface area (Å²) in [7, 11) is 0. The quantitative estimate of drug-likeness (QED) is 0.861. The van der Waals surface area contributed by atoms with Crippen LogP contribution in [0.4, 0.5) is 4.39 Å². The Morgan fingerprint density at radius 3 is 2.35 bits per heavy atom. The molecule has 0 fully saturated rings. The Morgan fingerprint density at radius 2 is 1.75 bits per heavy atom. The molecular formula is C17H19FO2. The van der Waals surface area contributed by atoms with Gasteiger partial charge in [0.15, 0.2) is 11.6 Å². The molecule has 1 atom stereocenters. The number of aromatic hydroxyl groups is 1. The predicted octanol–water partition coefficient (Wildman–Crippen LogP) is 4.62.